The summed E-state index contributed by atoms with van der Waals surface area (Å²) in [5.41, 5.74) is 2.23. The highest BCUT2D eigenvalue weighted by Crippen LogP contribution is 2.32. The summed E-state index contributed by atoms with van der Waals surface area (Å²) in [6.45, 7) is 0.620. The summed E-state index contributed by atoms with van der Waals surface area (Å²) < 4.78 is 41.4. The second kappa shape index (κ2) is 8.49. The van der Waals surface area contributed by atoms with Gasteiger partial charge in [-0.15, -0.1) is 13.2 Å². The minimum Gasteiger partial charge on any atom is -0.406 e. The molecule has 0 atom stereocenters. The molecule has 0 radical (unpaired) electrons. The van der Waals surface area contributed by atoms with E-state index in [4.69, 9.17) is 0 Å². The molecule has 2 aliphatic rings. The van der Waals surface area contributed by atoms with Crippen molar-refractivity contribution in [2.45, 2.75) is 38.1 Å². The predicted molar refractivity (Wildman–Crippen MR) is 109 cm³/mol. The van der Waals surface area contributed by atoms with E-state index in [-0.39, 0.29) is 30.2 Å². The van der Waals surface area contributed by atoms with Crippen molar-refractivity contribution in [3.05, 3.63) is 53.6 Å². The van der Waals surface area contributed by atoms with Crippen LogP contribution in [0.1, 0.15) is 35.2 Å². The van der Waals surface area contributed by atoms with Crippen molar-refractivity contribution in [2.75, 3.05) is 23.3 Å². The number of alkyl halides is 3. The van der Waals surface area contributed by atoms with Crippen LogP contribution in [0.25, 0.3) is 0 Å². The molecule has 0 saturated heterocycles. The molecular weight excluding hydrogens is 411 g/mol. The highest BCUT2D eigenvalue weighted by molar-refractivity contribution is 6.04. The number of carbonyl (C=O) groups is 2. The molecule has 1 fully saturated rings. The molecule has 4 rings (SSSR count). The first kappa shape index (κ1) is 21.0. The number of halogens is 3. The smallest absolute Gasteiger partial charge is 0.406 e. The molecule has 2 amide bonds. The predicted octanol–water partition coefficient (Wildman–Crippen LogP) is 3.87. The lowest BCUT2D eigenvalue weighted by molar-refractivity contribution is -0.274. The number of nitrogens with zero attached hydrogens (tertiary/aromatic N) is 1. The van der Waals surface area contributed by atoms with Crippen LogP contribution in [0, 0.1) is 0 Å². The van der Waals surface area contributed by atoms with Crippen LogP contribution in [0.2, 0.25) is 0 Å². The lowest BCUT2D eigenvalue weighted by Crippen LogP contribution is -2.37. The molecule has 1 aliphatic carbocycles. The Labute approximate surface area is 177 Å². The van der Waals surface area contributed by atoms with E-state index in [2.05, 4.69) is 15.4 Å². The second-order valence-electron chi connectivity index (χ2n) is 7.70. The van der Waals surface area contributed by atoms with E-state index >= 15 is 0 Å². The zero-order chi connectivity index (χ0) is 22.0. The first-order valence-corrected chi connectivity index (χ1v) is 10.1. The molecular formula is C22H22F3N3O3. The van der Waals surface area contributed by atoms with E-state index in [9.17, 15) is 22.8 Å². The molecule has 0 spiro atoms. The number of ether oxygens (including phenoxy) is 1. The van der Waals surface area contributed by atoms with Gasteiger partial charge in [0.1, 0.15) is 5.75 Å². The van der Waals surface area contributed by atoms with E-state index in [0.29, 0.717) is 41.9 Å². The SMILES string of the molecule is O=C(CN1CCCc2cc(OC(F)(F)F)ccc21)Nc1ccccc1C(=O)NC1CC1. The van der Waals surface area contributed by atoms with Crippen LogP contribution in [0.4, 0.5) is 24.5 Å². The summed E-state index contributed by atoms with van der Waals surface area (Å²) in [6, 6.07) is 11.2. The highest BCUT2D eigenvalue weighted by atomic mass is 19.4. The van der Waals surface area contributed by atoms with Gasteiger partial charge in [0.05, 0.1) is 17.8 Å². The maximum absolute atomic E-state index is 12.7. The fourth-order valence-electron chi connectivity index (χ4n) is 3.66. The van der Waals surface area contributed by atoms with E-state index in [1.165, 1.54) is 12.1 Å². The molecule has 9 heteroatoms. The van der Waals surface area contributed by atoms with Crippen LogP contribution in [0.5, 0.6) is 5.75 Å². The van der Waals surface area contributed by atoms with Crippen LogP contribution in [-0.2, 0) is 11.2 Å². The van der Waals surface area contributed by atoms with Gasteiger partial charge < -0.3 is 20.3 Å². The fraction of sp³-hybridized carbons (Fsp3) is 0.364. The monoisotopic (exact) mass is 433 g/mol. The van der Waals surface area contributed by atoms with E-state index in [1.54, 1.807) is 30.3 Å². The molecule has 31 heavy (non-hydrogen) atoms. The second-order valence-corrected chi connectivity index (χ2v) is 7.70. The van der Waals surface area contributed by atoms with Crippen molar-refractivity contribution >= 4 is 23.2 Å². The van der Waals surface area contributed by atoms with Crippen molar-refractivity contribution in [2.24, 2.45) is 0 Å². The highest BCUT2D eigenvalue weighted by Gasteiger charge is 2.32. The number of aryl methyl sites for hydroxylation is 1. The number of fused-ring (bicyclic) bond motifs is 1. The number of benzene rings is 2. The van der Waals surface area contributed by atoms with Gasteiger partial charge in [-0.1, -0.05) is 12.1 Å². The first-order chi connectivity index (χ1) is 14.8. The van der Waals surface area contributed by atoms with Gasteiger partial charge in [0.15, 0.2) is 0 Å². The summed E-state index contributed by atoms with van der Waals surface area (Å²) >= 11 is 0. The van der Waals surface area contributed by atoms with Crippen molar-refractivity contribution < 1.29 is 27.5 Å². The number of amides is 2. The normalized spacial score (nSPS) is 15.8. The van der Waals surface area contributed by atoms with Gasteiger partial charge in [0.25, 0.3) is 5.91 Å². The molecule has 2 aromatic carbocycles. The number of anilines is 2. The third-order valence-electron chi connectivity index (χ3n) is 5.19. The van der Waals surface area contributed by atoms with Crippen LogP contribution in [-0.4, -0.2) is 37.3 Å². The van der Waals surface area contributed by atoms with E-state index in [1.807, 2.05) is 4.90 Å². The van der Waals surface area contributed by atoms with Crippen molar-refractivity contribution in [1.82, 2.24) is 5.32 Å². The van der Waals surface area contributed by atoms with Crippen molar-refractivity contribution in [3.8, 4) is 5.75 Å². The summed E-state index contributed by atoms with van der Waals surface area (Å²) in [6.07, 6.45) is -1.51. The quantitative estimate of drug-likeness (QED) is 0.726. The minimum absolute atomic E-state index is 0.0189. The Morgan fingerprint density at radius 3 is 2.65 bits per heavy atom. The number of carbonyl (C=O) groups excluding carboxylic acids is 2. The van der Waals surface area contributed by atoms with E-state index in [0.717, 1.165) is 12.8 Å². The van der Waals surface area contributed by atoms with E-state index < -0.39 is 6.36 Å². The average Bonchev–Trinajstić information content (AvgIpc) is 3.51. The minimum atomic E-state index is -4.75. The number of rotatable bonds is 6. The summed E-state index contributed by atoms with van der Waals surface area (Å²) in [4.78, 5) is 26.9. The van der Waals surface area contributed by atoms with Gasteiger partial charge in [-0.2, -0.15) is 0 Å². The summed E-state index contributed by atoms with van der Waals surface area (Å²) in [7, 11) is 0. The molecule has 6 nitrogen and oxygen atoms in total. The van der Waals surface area contributed by atoms with Crippen molar-refractivity contribution in [3.63, 3.8) is 0 Å². The lowest BCUT2D eigenvalue weighted by Gasteiger charge is -2.31. The van der Waals surface area contributed by atoms with Crippen LogP contribution in [0.3, 0.4) is 0 Å². The Morgan fingerprint density at radius 2 is 1.90 bits per heavy atom. The van der Waals surface area contributed by atoms with Crippen LogP contribution < -0.4 is 20.3 Å². The van der Waals surface area contributed by atoms with Gasteiger partial charge >= 0.3 is 6.36 Å². The molecule has 2 aromatic rings. The Kier molecular flexibility index (Phi) is 5.75. The summed E-state index contributed by atoms with van der Waals surface area (Å²) in [5, 5.41) is 5.70. The van der Waals surface area contributed by atoms with Crippen molar-refractivity contribution in [1.29, 1.82) is 0 Å². The van der Waals surface area contributed by atoms with Gasteiger partial charge in [0.2, 0.25) is 5.91 Å². The van der Waals surface area contributed by atoms with Crippen LogP contribution in [0.15, 0.2) is 42.5 Å². The topological polar surface area (TPSA) is 70.7 Å². The third-order valence-corrected chi connectivity index (χ3v) is 5.19. The third kappa shape index (κ3) is 5.48. The Balaban J connectivity index is 1.44. The van der Waals surface area contributed by atoms with Gasteiger partial charge in [-0.25, -0.2) is 0 Å². The molecule has 0 aromatic heterocycles. The number of nitrogens with one attached hydrogen (secondary N) is 2. The molecule has 0 unspecified atom stereocenters. The number of hydrogen-bond acceptors (Lipinski definition) is 4. The zero-order valence-corrected chi connectivity index (χ0v) is 16.7. The van der Waals surface area contributed by atoms with Gasteiger partial charge in [-0.3, -0.25) is 9.59 Å². The largest absolute Gasteiger partial charge is 0.573 e. The van der Waals surface area contributed by atoms with Crippen LogP contribution >= 0.6 is 0 Å². The standard InChI is InChI=1S/C22H22F3N3O3/c23-22(24,25)31-16-9-10-19-14(12-16)4-3-11-28(19)13-20(29)27-18-6-2-1-5-17(18)21(30)26-15-7-8-15/h1-2,5-6,9-10,12,15H,3-4,7-8,11,13H2,(H,26,30)(H,27,29). The average molecular weight is 433 g/mol. The maximum atomic E-state index is 12.7. The maximum Gasteiger partial charge on any atom is 0.573 e. The number of para-hydroxylation sites is 1. The Morgan fingerprint density at radius 1 is 1.13 bits per heavy atom. The van der Waals surface area contributed by atoms with Gasteiger partial charge in [0, 0.05) is 18.3 Å². The molecule has 1 saturated carbocycles. The number of hydrogen-bond donors (Lipinski definition) is 2. The molecule has 1 heterocycles. The Hall–Kier alpha value is -3.23. The molecule has 2 N–H and O–H groups in total. The fourth-order valence-corrected chi connectivity index (χ4v) is 3.66. The van der Waals surface area contributed by atoms with Gasteiger partial charge in [-0.05, 0) is 61.6 Å². The Bertz CT molecular complexity index is 989. The molecule has 1 aliphatic heterocycles. The molecule has 164 valence electrons. The lowest BCUT2D eigenvalue weighted by atomic mass is 10.0. The first-order valence-electron chi connectivity index (χ1n) is 10.1. The molecule has 0 bridgehead atoms. The summed E-state index contributed by atoms with van der Waals surface area (Å²) in [5.74, 6) is -0.804. The zero-order valence-electron chi connectivity index (χ0n) is 16.7.